The summed E-state index contributed by atoms with van der Waals surface area (Å²) in [6.07, 6.45) is 3.80. The molecule has 1 aromatic heterocycles. The van der Waals surface area contributed by atoms with E-state index in [1.165, 1.54) is 0 Å². The quantitative estimate of drug-likeness (QED) is 0.874. The third-order valence-corrected chi connectivity index (χ3v) is 3.62. The normalized spacial score (nSPS) is 12.1. The van der Waals surface area contributed by atoms with Gasteiger partial charge in [0.1, 0.15) is 5.76 Å². The highest BCUT2D eigenvalue weighted by Gasteiger charge is 2.09. The first-order chi connectivity index (χ1) is 9.63. The van der Waals surface area contributed by atoms with Gasteiger partial charge in [0.15, 0.2) is 0 Å². The van der Waals surface area contributed by atoms with Crippen molar-refractivity contribution in [2.45, 2.75) is 32.2 Å². The maximum absolute atomic E-state index is 11.9. The van der Waals surface area contributed by atoms with Gasteiger partial charge in [-0.2, -0.15) is 0 Å². The Morgan fingerprint density at radius 3 is 2.70 bits per heavy atom. The average molecular weight is 336 g/mol. The maximum Gasteiger partial charge on any atom is 0.224 e. The Balaban J connectivity index is 1.74. The van der Waals surface area contributed by atoms with E-state index < -0.39 is 0 Å². The van der Waals surface area contributed by atoms with E-state index in [1.54, 1.807) is 6.26 Å². The van der Waals surface area contributed by atoms with E-state index in [2.05, 4.69) is 21.2 Å². The van der Waals surface area contributed by atoms with Crippen molar-refractivity contribution < 1.29 is 9.21 Å². The summed E-state index contributed by atoms with van der Waals surface area (Å²) < 4.78 is 6.30. The highest BCUT2D eigenvalue weighted by atomic mass is 79.9. The van der Waals surface area contributed by atoms with Crippen molar-refractivity contribution in [1.82, 2.24) is 5.32 Å². The number of amides is 1. The number of hydrogen-bond donors (Lipinski definition) is 1. The van der Waals surface area contributed by atoms with E-state index in [-0.39, 0.29) is 11.9 Å². The second-order valence-corrected chi connectivity index (χ2v) is 5.81. The van der Waals surface area contributed by atoms with Gasteiger partial charge in [0.25, 0.3) is 0 Å². The lowest BCUT2D eigenvalue weighted by Crippen LogP contribution is -2.34. The Morgan fingerprint density at radius 2 is 2.05 bits per heavy atom. The second-order valence-electron chi connectivity index (χ2n) is 4.89. The Kier molecular flexibility index (Phi) is 5.41. The molecule has 1 amide bonds. The SMILES string of the molecule is C[C@@H](CCc1ccco1)NC(=O)Cc1ccc(Br)cc1. The zero-order chi connectivity index (χ0) is 14.4. The van der Waals surface area contributed by atoms with Crippen LogP contribution in [-0.2, 0) is 17.6 Å². The lowest BCUT2D eigenvalue weighted by Gasteiger charge is -2.13. The van der Waals surface area contributed by atoms with Gasteiger partial charge in [-0.15, -0.1) is 0 Å². The lowest BCUT2D eigenvalue weighted by molar-refractivity contribution is -0.121. The van der Waals surface area contributed by atoms with Crippen molar-refractivity contribution in [3.63, 3.8) is 0 Å². The number of halogens is 1. The standard InChI is InChI=1S/C16H18BrNO2/c1-12(4-9-15-3-2-10-20-15)18-16(19)11-13-5-7-14(17)8-6-13/h2-3,5-8,10,12H,4,9,11H2,1H3,(H,18,19)/t12-/m0/s1. The molecular formula is C16H18BrNO2. The Bertz CT molecular complexity index is 534. The van der Waals surface area contributed by atoms with Crippen LogP contribution in [0.4, 0.5) is 0 Å². The molecule has 20 heavy (non-hydrogen) atoms. The van der Waals surface area contributed by atoms with Gasteiger partial charge < -0.3 is 9.73 Å². The van der Waals surface area contributed by atoms with Crippen LogP contribution in [-0.4, -0.2) is 11.9 Å². The van der Waals surface area contributed by atoms with E-state index in [9.17, 15) is 4.79 Å². The van der Waals surface area contributed by atoms with E-state index in [0.717, 1.165) is 28.6 Å². The summed E-state index contributed by atoms with van der Waals surface area (Å²) in [4.78, 5) is 11.9. The van der Waals surface area contributed by atoms with Gasteiger partial charge in [0, 0.05) is 16.9 Å². The zero-order valence-corrected chi connectivity index (χ0v) is 13.0. The molecule has 0 saturated heterocycles. The van der Waals surface area contributed by atoms with Crippen molar-refractivity contribution in [3.05, 3.63) is 58.5 Å². The largest absolute Gasteiger partial charge is 0.469 e. The molecule has 2 rings (SSSR count). The van der Waals surface area contributed by atoms with Crippen LogP contribution < -0.4 is 5.32 Å². The Labute approximate surface area is 127 Å². The molecular weight excluding hydrogens is 318 g/mol. The fourth-order valence-corrected chi connectivity index (χ4v) is 2.26. The molecule has 0 unspecified atom stereocenters. The molecule has 0 spiro atoms. The summed E-state index contributed by atoms with van der Waals surface area (Å²) in [6, 6.07) is 11.8. The predicted molar refractivity (Wildman–Crippen MR) is 82.5 cm³/mol. The summed E-state index contributed by atoms with van der Waals surface area (Å²) in [6.45, 7) is 2.02. The number of hydrogen-bond acceptors (Lipinski definition) is 2. The molecule has 0 radical (unpaired) electrons. The summed E-state index contributed by atoms with van der Waals surface area (Å²) in [5, 5.41) is 3.01. The van der Waals surface area contributed by atoms with Crippen LogP contribution in [0, 0.1) is 0 Å². The second kappa shape index (κ2) is 7.29. The summed E-state index contributed by atoms with van der Waals surface area (Å²) >= 11 is 3.38. The van der Waals surface area contributed by atoms with Gasteiger partial charge in [-0.05, 0) is 43.2 Å². The van der Waals surface area contributed by atoms with Crippen LogP contribution in [0.25, 0.3) is 0 Å². The molecule has 1 aromatic carbocycles. The molecule has 0 aliphatic carbocycles. The van der Waals surface area contributed by atoms with Gasteiger partial charge in [0.05, 0.1) is 12.7 Å². The van der Waals surface area contributed by atoms with E-state index in [1.807, 2.05) is 43.3 Å². The molecule has 0 aliphatic rings. The molecule has 106 valence electrons. The number of aryl methyl sites for hydroxylation is 1. The van der Waals surface area contributed by atoms with Crippen molar-refractivity contribution >= 4 is 21.8 Å². The molecule has 1 atom stereocenters. The number of carbonyl (C=O) groups excluding carboxylic acids is 1. The van der Waals surface area contributed by atoms with Crippen LogP contribution in [0.5, 0.6) is 0 Å². The summed E-state index contributed by atoms with van der Waals surface area (Å²) in [5.41, 5.74) is 1.02. The smallest absolute Gasteiger partial charge is 0.224 e. The van der Waals surface area contributed by atoms with E-state index >= 15 is 0 Å². The van der Waals surface area contributed by atoms with Crippen LogP contribution >= 0.6 is 15.9 Å². The minimum Gasteiger partial charge on any atom is -0.469 e. The number of carbonyl (C=O) groups is 1. The Morgan fingerprint density at radius 1 is 1.30 bits per heavy atom. The molecule has 0 fully saturated rings. The van der Waals surface area contributed by atoms with E-state index in [0.29, 0.717) is 6.42 Å². The zero-order valence-electron chi connectivity index (χ0n) is 11.4. The first-order valence-corrected chi connectivity index (χ1v) is 7.49. The monoisotopic (exact) mass is 335 g/mol. The molecule has 0 aliphatic heterocycles. The Hall–Kier alpha value is -1.55. The average Bonchev–Trinajstić information content (AvgIpc) is 2.92. The number of rotatable bonds is 6. The van der Waals surface area contributed by atoms with Crippen molar-refractivity contribution in [1.29, 1.82) is 0 Å². The van der Waals surface area contributed by atoms with Crippen LogP contribution in [0.3, 0.4) is 0 Å². The maximum atomic E-state index is 11.9. The third kappa shape index (κ3) is 4.85. The third-order valence-electron chi connectivity index (χ3n) is 3.09. The highest BCUT2D eigenvalue weighted by Crippen LogP contribution is 2.11. The van der Waals surface area contributed by atoms with E-state index in [4.69, 9.17) is 4.42 Å². The van der Waals surface area contributed by atoms with Gasteiger partial charge in [-0.3, -0.25) is 4.79 Å². The molecule has 2 aromatic rings. The van der Waals surface area contributed by atoms with Crippen molar-refractivity contribution in [2.75, 3.05) is 0 Å². The van der Waals surface area contributed by atoms with Gasteiger partial charge in [-0.25, -0.2) is 0 Å². The molecule has 3 nitrogen and oxygen atoms in total. The number of benzene rings is 1. The molecule has 1 heterocycles. The summed E-state index contributed by atoms with van der Waals surface area (Å²) in [5.74, 6) is 1.01. The topological polar surface area (TPSA) is 42.2 Å². The fourth-order valence-electron chi connectivity index (χ4n) is 2.00. The summed E-state index contributed by atoms with van der Waals surface area (Å²) in [7, 11) is 0. The van der Waals surface area contributed by atoms with Crippen LogP contribution in [0.2, 0.25) is 0 Å². The molecule has 1 N–H and O–H groups in total. The lowest BCUT2D eigenvalue weighted by atomic mass is 10.1. The fraction of sp³-hybridized carbons (Fsp3) is 0.312. The minimum atomic E-state index is 0.0549. The van der Waals surface area contributed by atoms with Gasteiger partial charge in [0.2, 0.25) is 5.91 Å². The van der Waals surface area contributed by atoms with Gasteiger partial charge in [-0.1, -0.05) is 28.1 Å². The van der Waals surface area contributed by atoms with Gasteiger partial charge >= 0.3 is 0 Å². The number of nitrogens with one attached hydrogen (secondary N) is 1. The molecule has 0 saturated carbocycles. The predicted octanol–water partition coefficient (Wildman–Crippen LogP) is 3.72. The van der Waals surface area contributed by atoms with Crippen LogP contribution in [0.15, 0.2) is 51.6 Å². The molecule has 0 bridgehead atoms. The number of furan rings is 1. The van der Waals surface area contributed by atoms with Crippen LogP contribution in [0.1, 0.15) is 24.7 Å². The van der Waals surface area contributed by atoms with Crippen molar-refractivity contribution in [3.8, 4) is 0 Å². The first kappa shape index (κ1) is 14.9. The highest BCUT2D eigenvalue weighted by molar-refractivity contribution is 9.10. The van der Waals surface area contributed by atoms with Crippen molar-refractivity contribution in [2.24, 2.45) is 0 Å². The first-order valence-electron chi connectivity index (χ1n) is 6.69. The minimum absolute atomic E-state index is 0.0549. The molecule has 4 heteroatoms.